The van der Waals surface area contributed by atoms with Crippen LogP contribution in [0, 0.1) is 5.92 Å². The molecule has 2 aliphatic heterocycles. The highest BCUT2D eigenvalue weighted by Gasteiger charge is 2.44. The van der Waals surface area contributed by atoms with E-state index in [1.54, 1.807) is 11.8 Å². The molecule has 0 bridgehead atoms. The predicted octanol–water partition coefficient (Wildman–Crippen LogP) is -3.29. The summed E-state index contributed by atoms with van der Waals surface area (Å²) >= 11 is 6.72. The van der Waals surface area contributed by atoms with E-state index >= 15 is 0 Å². The van der Waals surface area contributed by atoms with Crippen molar-refractivity contribution in [2.45, 2.75) is 62.2 Å². The molecule has 6 unspecified atom stereocenters. The SMILES string of the molecule is CO[C@@H]1OC(CSCCNC(=S)N[C@@H]2OC(CO)[C@H](O)[C@H](O)C2O)C(C)C(O)C1O. The summed E-state index contributed by atoms with van der Waals surface area (Å²) in [7, 11) is 1.41. The van der Waals surface area contributed by atoms with Gasteiger partial charge in [-0.05, 0) is 12.2 Å². The number of thioether (sulfide) groups is 1. The maximum absolute atomic E-state index is 10.1. The normalized spacial score (nSPS) is 42.0. The molecule has 30 heavy (non-hydrogen) atoms. The van der Waals surface area contributed by atoms with Gasteiger partial charge >= 0.3 is 0 Å². The Bertz CT molecular complexity index is 545. The van der Waals surface area contributed by atoms with Crippen LogP contribution in [0.15, 0.2) is 0 Å². The van der Waals surface area contributed by atoms with Gasteiger partial charge in [0.25, 0.3) is 0 Å². The van der Waals surface area contributed by atoms with E-state index in [2.05, 4.69) is 10.6 Å². The predicted molar refractivity (Wildman–Crippen MR) is 112 cm³/mol. The van der Waals surface area contributed by atoms with Gasteiger partial charge in [-0.3, -0.25) is 0 Å². The van der Waals surface area contributed by atoms with Gasteiger partial charge in [0.15, 0.2) is 17.6 Å². The molecule has 13 heteroatoms. The Kier molecular flexibility index (Phi) is 10.4. The highest BCUT2D eigenvalue weighted by Crippen LogP contribution is 2.28. The molecule has 0 spiro atoms. The molecular formula is C17H32N2O9S2. The van der Waals surface area contributed by atoms with E-state index in [1.165, 1.54) is 7.11 Å². The lowest BCUT2D eigenvalue weighted by atomic mass is 9.91. The van der Waals surface area contributed by atoms with Crippen molar-refractivity contribution in [2.24, 2.45) is 5.92 Å². The van der Waals surface area contributed by atoms with Crippen LogP contribution in [0.3, 0.4) is 0 Å². The van der Waals surface area contributed by atoms with E-state index in [0.29, 0.717) is 18.1 Å². The van der Waals surface area contributed by atoms with E-state index in [1.807, 2.05) is 6.92 Å². The Balaban J connectivity index is 1.69. The van der Waals surface area contributed by atoms with Crippen LogP contribution in [-0.2, 0) is 14.2 Å². The molecule has 0 aliphatic carbocycles. The van der Waals surface area contributed by atoms with Gasteiger partial charge in [-0.25, -0.2) is 0 Å². The van der Waals surface area contributed by atoms with Gasteiger partial charge in [0.2, 0.25) is 0 Å². The Hall–Kier alpha value is -0.320. The van der Waals surface area contributed by atoms with Gasteiger partial charge in [-0.15, -0.1) is 0 Å². The molecule has 2 saturated heterocycles. The molecule has 10 atom stereocenters. The van der Waals surface area contributed by atoms with Crippen LogP contribution in [0.1, 0.15) is 6.92 Å². The summed E-state index contributed by atoms with van der Waals surface area (Å²) in [6, 6.07) is 0. The van der Waals surface area contributed by atoms with Crippen molar-refractivity contribution in [3.63, 3.8) is 0 Å². The fraction of sp³-hybridized carbons (Fsp3) is 0.941. The van der Waals surface area contributed by atoms with Crippen LogP contribution in [0.4, 0.5) is 0 Å². The third kappa shape index (κ3) is 6.36. The van der Waals surface area contributed by atoms with Crippen molar-refractivity contribution >= 4 is 29.1 Å². The first-order valence-electron chi connectivity index (χ1n) is 9.68. The third-order valence-electron chi connectivity index (χ3n) is 5.27. The lowest BCUT2D eigenvalue weighted by Gasteiger charge is -2.40. The zero-order valence-electron chi connectivity index (χ0n) is 16.8. The number of hydrogen-bond acceptors (Lipinski definition) is 11. The maximum atomic E-state index is 10.1. The minimum absolute atomic E-state index is 0.181. The van der Waals surface area contributed by atoms with Crippen LogP contribution in [0.25, 0.3) is 0 Å². The van der Waals surface area contributed by atoms with Crippen LogP contribution in [-0.4, -0.2) is 123 Å². The van der Waals surface area contributed by atoms with E-state index in [4.69, 9.17) is 26.4 Å². The summed E-state index contributed by atoms with van der Waals surface area (Å²) in [6.45, 7) is 1.77. The van der Waals surface area contributed by atoms with Crippen molar-refractivity contribution in [3.8, 4) is 0 Å². The maximum Gasteiger partial charge on any atom is 0.186 e. The van der Waals surface area contributed by atoms with Crippen molar-refractivity contribution < 1.29 is 44.8 Å². The quantitative estimate of drug-likeness (QED) is 0.131. The van der Waals surface area contributed by atoms with E-state index < -0.39 is 55.7 Å². The average molecular weight is 473 g/mol. The van der Waals surface area contributed by atoms with Gasteiger partial charge in [0.05, 0.1) is 18.8 Å². The average Bonchev–Trinajstić information content (AvgIpc) is 2.73. The molecule has 0 aromatic heterocycles. The molecule has 2 rings (SSSR count). The van der Waals surface area contributed by atoms with Crippen LogP contribution in [0.5, 0.6) is 0 Å². The summed E-state index contributed by atoms with van der Waals surface area (Å²) in [6.07, 6.45) is -9.58. The third-order valence-corrected chi connectivity index (χ3v) is 6.59. The molecule has 0 saturated carbocycles. The molecule has 8 N–H and O–H groups in total. The second-order valence-corrected chi connectivity index (χ2v) is 8.90. The summed E-state index contributed by atoms with van der Waals surface area (Å²) in [5, 5.41) is 64.6. The Morgan fingerprint density at radius 1 is 1.00 bits per heavy atom. The Morgan fingerprint density at radius 2 is 1.70 bits per heavy atom. The second-order valence-electron chi connectivity index (χ2n) is 7.34. The number of rotatable bonds is 8. The summed E-state index contributed by atoms with van der Waals surface area (Å²) < 4.78 is 16.1. The van der Waals surface area contributed by atoms with Gasteiger partial charge in [0.1, 0.15) is 30.5 Å². The number of thiocarbonyl (C=S) groups is 1. The highest BCUT2D eigenvalue weighted by molar-refractivity contribution is 7.99. The fourth-order valence-corrected chi connectivity index (χ4v) is 4.54. The molecule has 0 aromatic rings. The number of aliphatic hydroxyl groups is 6. The molecule has 176 valence electrons. The monoisotopic (exact) mass is 472 g/mol. The minimum atomic E-state index is -1.48. The number of aliphatic hydroxyl groups excluding tert-OH is 6. The fourth-order valence-electron chi connectivity index (χ4n) is 3.29. The van der Waals surface area contributed by atoms with Crippen LogP contribution < -0.4 is 10.6 Å². The van der Waals surface area contributed by atoms with Crippen molar-refractivity contribution in [1.29, 1.82) is 0 Å². The number of nitrogens with one attached hydrogen (secondary N) is 2. The van der Waals surface area contributed by atoms with Crippen molar-refractivity contribution in [2.75, 3.05) is 31.8 Å². The summed E-state index contributed by atoms with van der Waals surface area (Å²) in [5.74, 6) is 0.986. The van der Waals surface area contributed by atoms with E-state index in [-0.39, 0.29) is 17.1 Å². The van der Waals surface area contributed by atoms with Gasteiger partial charge in [0, 0.05) is 31.1 Å². The largest absolute Gasteiger partial charge is 0.394 e. The summed E-state index contributed by atoms with van der Waals surface area (Å²) in [4.78, 5) is 0. The van der Waals surface area contributed by atoms with Gasteiger partial charge in [-0.1, -0.05) is 6.92 Å². The topological polar surface area (TPSA) is 173 Å². The lowest BCUT2D eigenvalue weighted by Crippen LogP contribution is -2.64. The smallest absolute Gasteiger partial charge is 0.186 e. The van der Waals surface area contributed by atoms with Crippen molar-refractivity contribution in [1.82, 2.24) is 10.6 Å². The van der Waals surface area contributed by atoms with Gasteiger partial charge in [-0.2, -0.15) is 11.8 Å². The lowest BCUT2D eigenvalue weighted by molar-refractivity contribution is -0.270. The van der Waals surface area contributed by atoms with E-state index in [0.717, 1.165) is 0 Å². The molecule has 2 heterocycles. The number of hydrogen-bond donors (Lipinski definition) is 8. The molecule has 11 nitrogen and oxygen atoms in total. The zero-order valence-corrected chi connectivity index (χ0v) is 18.5. The second kappa shape index (κ2) is 12.1. The molecule has 2 aliphatic rings. The number of methoxy groups -OCH3 is 1. The molecule has 2 fully saturated rings. The Labute approximate surface area is 184 Å². The van der Waals surface area contributed by atoms with E-state index in [9.17, 15) is 30.6 Å². The highest BCUT2D eigenvalue weighted by atomic mass is 32.2. The molecule has 0 aromatic carbocycles. The molecule has 0 radical (unpaired) electrons. The van der Waals surface area contributed by atoms with Crippen molar-refractivity contribution in [3.05, 3.63) is 0 Å². The standard InChI is InChI=1S/C17H32N2O9S2/c1-7-9(28-16(26-2)14(25)10(7)21)6-30-4-3-18-17(29)19-15-13(24)12(23)11(22)8(5-20)27-15/h7-16,20-25H,3-6H2,1-2H3,(H2,18,19,29)/t7?,8?,9?,10?,11-,12-,13?,14?,15+,16+/m0/s1. The van der Waals surface area contributed by atoms with Crippen LogP contribution in [0.2, 0.25) is 0 Å². The molecular weight excluding hydrogens is 440 g/mol. The zero-order chi connectivity index (χ0) is 22.4. The summed E-state index contributed by atoms with van der Waals surface area (Å²) in [5.41, 5.74) is 0. The first kappa shape index (κ1) is 25.9. The first-order chi connectivity index (χ1) is 14.2. The van der Waals surface area contributed by atoms with Crippen LogP contribution >= 0.6 is 24.0 Å². The molecule has 0 amide bonds. The Morgan fingerprint density at radius 3 is 2.33 bits per heavy atom. The first-order valence-corrected chi connectivity index (χ1v) is 11.2. The minimum Gasteiger partial charge on any atom is -0.394 e. The van der Waals surface area contributed by atoms with Gasteiger partial charge < -0.3 is 55.5 Å². The number of ether oxygens (including phenoxy) is 3.